The molecule has 0 aliphatic carbocycles. The summed E-state index contributed by atoms with van der Waals surface area (Å²) >= 11 is 0. The lowest BCUT2D eigenvalue weighted by Gasteiger charge is -2.20. The van der Waals surface area contributed by atoms with Gasteiger partial charge in [-0.3, -0.25) is 9.48 Å². The molecule has 0 saturated heterocycles. The van der Waals surface area contributed by atoms with Crippen LogP contribution in [0.4, 0.5) is 5.69 Å². The zero-order chi connectivity index (χ0) is 13.5. The molecular weight excluding hydrogens is 236 g/mol. The monoisotopic (exact) mass is 256 g/mol. The van der Waals surface area contributed by atoms with Crippen LogP contribution in [0, 0.1) is 0 Å². The molecular formula is C11H20N4O3. The van der Waals surface area contributed by atoms with Gasteiger partial charge in [-0.2, -0.15) is 5.10 Å². The van der Waals surface area contributed by atoms with Crippen LogP contribution in [0.2, 0.25) is 0 Å². The number of hydrogen-bond acceptors (Lipinski definition) is 5. The van der Waals surface area contributed by atoms with E-state index in [0.717, 1.165) is 0 Å². The molecule has 1 heterocycles. The van der Waals surface area contributed by atoms with E-state index in [2.05, 4.69) is 5.10 Å². The van der Waals surface area contributed by atoms with Crippen molar-refractivity contribution in [3.63, 3.8) is 0 Å². The van der Waals surface area contributed by atoms with Gasteiger partial charge >= 0.3 is 0 Å². The van der Waals surface area contributed by atoms with Crippen molar-refractivity contribution in [3.05, 3.63) is 11.9 Å². The third kappa shape index (κ3) is 3.44. The Morgan fingerprint density at radius 2 is 2.33 bits per heavy atom. The van der Waals surface area contributed by atoms with Crippen LogP contribution in [0.1, 0.15) is 17.4 Å². The number of aliphatic hydroxyl groups excluding tert-OH is 1. The Morgan fingerprint density at radius 3 is 2.83 bits per heavy atom. The van der Waals surface area contributed by atoms with Gasteiger partial charge in [0, 0.05) is 32.9 Å². The molecule has 0 bridgehead atoms. The standard InChI is InChI=1S/C11H20N4O3/c1-3-15-8-9(12)10(13-15)11(17)14(4-6-16)5-7-18-2/h8,16H,3-7,12H2,1-2H3. The Labute approximate surface area is 106 Å². The van der Waals surface area contributed by atoms with Crippen molar-refractivity contribution in [1.29, 1.82) is 0 Å². The molecule has 0 aromatic carbocycles. The molecule has 0 radical (unpaired) electrons. The lowest BCUT2D eigenvalue weighted by atomic mass is 10.3. The van der Waals surface area contributed by atoms with E-state index < -0.39 is 0 Å². The van der Waals surface area contributed by atoms with E-state index in [4.69, 9.17) is 15.6 Å². The molecule has 18 heavy (non-hydrogen) atoms. The summed E-state index contributed by atoms with van der Waals surface area (Å²) in [6.45, 7) is 3.49. The fourth-order valence-electron chi connectivity index (χ4n) is 1.55. The zero-order valence-electron chi connectivity index (χ0n) is 10.8. The largest absolute Gasteiger partial charge is 0.396 e. The number of amides is 1. The molecule has 0 aliphatic rings. The van der Waals surface area contributed by atoms with Crippen LogP contribution in [-0.4, -0.2) is 59.1 Å². The van der Waals surface area contributed by atoms with Crippen molar-refractivity contribution in [1.82, 2.24) is 14.7 Å². The lowest BCUT2D eigenvalue weighted by molar-refractivity contribution is 0.0651. The maximum Gasteiger partial charge on any atom is 0.276 e. The predicted octanol–water partition coefficient (Wildman–Crippen LogP) is -0.434. The van der Waals surface area contributed by atoms with E-state index >= 15 is 0 Å². The first kappa shape index (κ1) is 14.5. The Hall–Kier alpha value is -1.60. The molecule has 0 unspecified atom stereocenters. The van der Waals surface area contributed by atoms with Crippen LogP contribution in [-0.2, 0) is 11.3 Å². The summed E-state index contributed by atoms with van der Waals surface area (Å²) in [5.74, 6) is -0.286. The molecule has 0 spiro atoms. The highest BCUT2D eigenvalue weighted by Crippen LogP contribution is 2.12. The number of anilines is 1. The number of methoxy groups -OCH3 is 1. The fraction of sp³-hybridized carbons (Fsp3) is 0.636. The minimum Gasteiger partial charge on any atom is -0.396 e. The zero-order valence-corrected chi connectivity index (χ0v) is 10.8. The molecule has 1 amide bonds. The molecule has 102 valence electrons. The molecule has 1 aromatic rings. The van der Waals surface area contributed by atoms with Gasteiger partial charge in [0.05, 0.1) is 18.9 Å². The number of nitrogens with two attached hydrogens (primary N) is 1. The number of aliphatic hydroxyl groups is 1. The Balaban J connectivity index is 2.83. The number of carbonyl (C=O) groups is 1. The van der Waals surface area contributed by atoms with Crippen molar-refractivity contribution in [2.24, 2.45) is 0 Å². The van der Waals surface area contributed by atoms with Crippen LogP contribution in [0.3, 0.4) is 0 Å². The van der Waals surface area contributed by atoms with Crippen molar-refractivity contribution in [2.45, 2.75) is 13.5 Å². The molecule has 0 atom stereocenters. The average Bonchev–Trinajstić information content (AvgIpc) is 2.75. The number of carbonyl (C=O) groups excluding carboxylic acids is 1. The highest BCUT2D eigenvalue weighted by molar-refractivity contribution is 5.97. The number of rotatable bonds is 7. The normalized spacial score (nSPS) is 10.6. The van der Waals surface area contributed by atoms with Gasteiger partial charge in [-0.15, -0.1) is 0 Å². The van der Waals surface area contributed by atoms with Gasteiger partial charge in [-0.05, 0) is 6.92 Å². The van der Waals surface area contributed by atoms with Crippen LogP contribution in [0.15, 0.2) is 6.20 Å². The first-order chi connectivity index (χ1) is 8.63. The Bertz CT molecular complexity index is 392. The third-order valence-electron chi connectivity index (χ3n) is 2.54. The van der Waals surface area contributed by atoms with Gasteiger partial charge < -0.3 is 20.5 Å². The summed E-state index contributed by atoms with van der Waals surface area (Å²) in [7, 11) is 1.56. The van der Waals surface area contributed by atoms with Crippen LogP contribution >= 0.6 is 0 Å². The highest BCUT2D eigenvalue weighted by Gasteiger charge is 2.20. The summed E-state index contributed by atoms with van der Waals surface area (Å²) in [5.41, 5.74) is 6.33. The topological polar surface area (TPSA) is 93.6 Å². The van der Waals surface area contributed by atoms with Crippen LogP contribution in [0.5, 0.6) is 0 Å². The maximum absolute atomic E-state index is 12.2. The molecule has 3 N–H and O–H groups in total. The maximum atomic E-state index is 12.2. The van der Waals surface area contributed by atoms with Crippen molar-refractivity contribution < 1.29 is 14.6 Å². The summed E-state index contributed by atoms with van der Waals surface area (Å²) in [5, 5.41) is 13.1. The summed E-state index contributed by atoms with van der Waals surface area (Å²) < 4.78 is 6.54. The summed E-state index contributed by atoms with van der Waals surface area (Å²) in [4.78, 5) is 13.7. The Kier molecular flexibility index (Phi) is 5.60. The van der Waals surface area contributed by atoms with Crippen molar-refractivity contribution in [3.8, 4) is 0 Å². The minimum absolute atomic E-state index is 0.107. The minimum atomic E-state index is -0.286. The van der Waals surface area contributed by atoms with Gasteiger partial charge in [-0.25, -0.2) is 0 Å². The van der Waals surface area contributed by atoms with E-state index in [1.165, 1.54) is 4.90 Å². The molecule has 0 fully saturated rings. The van der Waals surface area contributed by atoms with Gasteiger partial charge in [-0.1, -0.05) is 0 Å². The van der Waals surface area contributed by atoms with E-state index in [9.17, 15) is 4.79 Å². The van der Waals surface area contributed by atoms with Crippen LogP contribution in [0.25, 0.3) is 0 Å². The molecule has 0 saturated carbocycles. The fourth-order valence-corrected chi connectivity index (χ4v) is 1.55. The van der Waals surface area contributed by atoms with E-state index in [1.807, 2.05) is 6.92 Å². The predicted molar refractivity (Wildman–Crippen MR) is 67.2 cm³/mol. The number of aromatic nitrogens is 2. The van der Waals surface area contributed by atoms with Crippen molar-refractivity contribution in [2.75, 3.05) is 39.1 Å². The number of aryl methyl sites for hydroxylation is 1. The van der Waals surface area contributed by atoms with Gasteiger partial charge in [0.15, 0.2) is 5.69 Å². The van der Waals surface area contributed by atoms with E-state index in [1.54, 1.807) is 18.0 Å². The second kappa shape index (κ2) is 6.97. The smallest absolute Gasteiger partial charge is 0.276 e. The first-order valence-corrected chi connectivity index (χ1v) is 5.86. The number of nitrogens with zero attached hydrogens (tertiary/aromatic N) is 3. The third-order valence-corrected chi connectivity index (χ3v) is 2.54. The van der Waals surface area contributed by atoms with E-state index in [0.29, 0.717) is 25.4 Å². The SMILES string of the molecule is CCn1cc(N)c(C(=O)N(CCO)CCOC)n1. The second-order valence-corrected chi connectivity index (χ2v) is 3.80. The number of nitrogen functional groups attached to an aromatic ring is 1. The Morgan fingerprint density at radius 1 is 1.61 bits per heavy atom. The number of hydrogen-bond donors (Lipinski definition) is 2. The molecule has 0 aliphatic heterocycles. The summed E-state index contributed by atoms with van der Waals surface area (Å²) in [6.07, 6.45) is 1.63. The van der Waals surface area contributed by atoms with Gasteiger partial charge in [0.25, 0.3) is 5.91 Å². The molecule has 1 rings (SSSR count). The molecule has 7 heteroatoms. The number of ether oxygens (including phenoxy) is 1. The summed E-state index contributed by atoms with van der Waals surface area (Å²) in [6, 6.07) is 0. The van der Waals surface area contributed by atoms with E-state index in [-0.39, 0.29) is 24.8 Å². The lowest BCUT2D eigenvalue weighted by Crippen LogP contribution is -2.36. The second-order valence-electron chi connectivity index (χ2n) is 3.80. The highest BCUT2D eigenvalue weighted by atomic mass is 16.5. The first-order valence-electron chi connectivity index (χ1n) is 5.86. The van der Waals surface area contributed by atoms with Gasteiger partial charge in [0.2, 0.25) is 0 Å². The van der Waals surface area contributed by atoms with Gasteiger partial charge in [0.1, 0.15) is 0 Å². The van der Waals surface area contributed by atoms with Crippen LogP contribution < -0.4 is 5.73 Å². The average molecular weight is 256 g/mol. The van der Waals surface area contributed by atoms with Crippen molar-refractivity contribution >= 4 is 11.6 Å². The molecule has 7 nitrogen and oxygen atoms in total. The molecule has 1 aromatic heterocycles. The quantitative estimate of drug-likeness (QED) is 0.690.